The molecule has 0 saturated carbocycles. The molecule has 2 rings (SSSR count). The predicted molar refractivity (Wildman–Crippen MR) is 74.8 cm³/mol. The molecule has 0 amide bonds. The highest BCUT2D eigenvalue weighted by Crippen LogP contribution is 2.12. The number of benzene rings is 1. The zero-order chi connectivity index (χ0) is 13.7. The van der Waals surface area contributed by atoms with E-state index in [1.807, 2.05) is 42.6 Å². The summed E-state index contributed by atoms with van der Waals surface area (Å²) in [5.74, 6) is -0.889. The van der Waals surface area contributed by atoms with Crippen LogP contribution in [0.4, 0.5) is 0 Å². The lowest BCUT2D eigenvalue weighted by Gasteiger charge is -2.02. The Hall–Kier alpha value is -2.42. The van der Waals surface area contributed by atoms with Crippen LogP contribution < -0.4 is 0 Å². The average Bonchev–Trinajstić information content (AvgIpc) is 2.42. The van der Waals surface area contributed by atoms with E-state index in [9.17, 15) is 4.79 Å². The molecule has 2 aromatic rings. The maximum Gasteiger partial charge on any atom is 0.331 e. The molecule has 1 aromatic carbocycles. The Balaban J connectivity index is 2.11. The van der Waals surface area contributed by atoms with Crippen molar-refractivity contribution in [1.29, 1.82) is 0 Å². The summed E-state index contributed by atoms with van der Waals surface area (Å²) >= 11 is 0. The first-order chi connectivity index (χ1) is 9.15. The van der Waals surface area contributed by atoms with Gasteiger partial charge in [0.15, 0.2) is 0 Å². The summed E-state index contributed by atoms with van der Waals surface area (Å²) in [6, 6.07) is 11.8. The topological polar surface area (TPSA) is 50.2 Å². The maximum absolute atomic E-state index is 10.7. The lowest BCUT2D eigenvalue weighted by atomic mass is 10.0. The molecule has 0 fully saturated rings. The van der Waals surface area contributed by atoms with Gasteiger partial charge in [0.05, 0.1) is 0 Å². The van der Waals surface area contributed by atoms with Crippen molar-refractivity contribution in [3.05, 3.63) is 71.1 Å². The second-order valence-electron chi connectivity index (χ2n) is 4.41. The normalized spacial score (nSPS) is 11.3. The molecule has 0 saturated heterocycles. The average molecular weight is 253 g/mol. The molecule has 1 aromatic heterocycles. The van der Waals surface area contributed by atoms with Crippen LogP contribution in [-0.2, 0) is 11.2 Å². The second-order valence-corrected chi connectivity index (χ2v) is 4.41. The Bertz CT molecular complexity index is 586. The minimum absolute atomic E-state index is 0.333. The smallest absolute Gasteiger partial charge is 0.331 e. The summed E-state index contributed by atoms with van der Waals surface area (Å²) in [6.07, 6.45) is 6.10. The van der Waals surface area contributed by atoms with Crippen molar-refractivity contribution in [3.8, 4) is 0 Å². The lowest BCUT2D eigenvalue weighted by molar-refractivity contribution is -0.132. The number of nitrogens with zero attached hydrogens (tertiary/aromatic N) is 1. The third kappa shape index (κ3) is 3.78. The number of hydrogen-bond acceptors (Lipinski definition) is 2. The maximum atomic E-state index is 10.7. The van der Waals surface area contributed by atoms with Crippen LogP contribution in [0.5, 0.6) is 0 Å². The zero-order valence-electron chi connectivity index (χ0n) is 10.7. The molecular weight excluding hydrogens is 238 g/mol. The van der Waals surface area contributed by atoms with E-state index >= 15 is 0 Å². The molecule has 0 spiro atoms. The van der Waals surface area contributed by atoms with Gasteiger partial charge in [0.2, 0.25) is 0 Å². The molecule has 1 N–H and O–H groups in total. The number of aliphatic carboxylic acids is 1. The Labute approximate surface area is 112 Å². The van der Waals surface area contributed by atoms with Gasteiger partial charge in [-0.05, 0) is 42.2 Å². The number of hydrogen-bond donors (Lipinski definition) is 1. The van der Waals surface area contributed by atoms with Crippen LogP contribution in [0.3, 0.4) is 0 Å². The Kier molecular flexibility index (Phi) is 4.08. The first-order valence-electron chi connectivity index (χ1n) is 6.04. The summed E-state index contributed by atoms with van der Waals surface area (Å²) in [7, 11) is 0. The van der Waals surface area contributed by atoms with Gasteiger partial charge < -0.3 is 5.11 Å². The minimum atomic E-state index is -0.889. The molecule has 96 valence electrons. The molecule has 0 atom stereocenters. The lowest BCUT2D eigenvalue weighted by Crippen LogP contribution is -1.95. The molecule has 0 aliphatic heterocycles. The summed E-state index contributed by atoms with van der Waals surface area (Å²) < 4.78 is 0. The second kappa shape index (κ2) is 5.96. The van der Waals surface area contributed by atoms with Crippen molar-refractivity contribution in [2.75, 3.05) is 0 Å². The molecule has 19 heavy (non-hydrogen) atoms. The van der Waals surface area contributed by atoms with Gasteiger partial charge in [-0.25, -0.2) is 4.79 Å². The molecule has 0 radical (unpaired) electrons. The van der Waals surface area contributed by atoms with Gasteiger partial charge in [-0.3, -0.25) is 4.98 Å². The molecule has 0 aliphatic carbocycles. The fraction of sp³-hybridized carbons (Fsp3) is 0.125. The van der Waals surface area contributed by atoms with E-state index in [0.29, 0.717) is 5.57 Å². The van der Waals surface area contributed by atoms with E-state index in [0.717, 1.165) is 17.5 Å². The van der Waals surface area contributed by atoms with Gasteiger partial charge in [-0.2, -0.15) is 0 Å². The third-order valence-electron chi connectivity index (χ3n) is 2.83. The van der Waals surface area contributed by atoms with E-state index in [2.05, 4.69) is 4.98 Å². The van der Waals surface area contributed by atoms with Gasteiger partial charge in [0.1, 0.15) is 0 Å². The first kappa shape index (κ1) is 13.0. The highest BCUT2D eigenvalue weighted by Gasteiger charge is 2.00. The molecule has 0 bridgehead atoms. The number of carboxylic acids is 1. The summed E-state index contributed by atoms with van der Waals surface area (Å²) in [5.41, 5.74) is 3.57. The van der Waals surface area contributed by atoms with Crippen LogP contribution in [0, 0.1) is 0 Å². The van der Waals surface area contributed by atoms with Crippen LogP contribution >= 0.6 is 0 Å². The van der Waals surface area contributed by atoms with Crippen molar-refractivity contribution in [1.82, 2.24) is 4.98 Å². The summed E-state index contributed by atoms with van der Waals surface area (Å²) in [6.45, 7) is 1.59. The van der Waals surface area contributed by atoms with Crippen LogP contribution in [0.1, 0.15) is 23.6 Å². The highest BCUT2D eigenvalue weighted by molar-refractivity contribution is 5.91. The number of pyridine rings is 1. The molecule has 3 heteroatoms. The van der Waals surface area contributed by atoms with Crippen molar-refractivity contribution >= 4 is 12.0 Å². The summed E-state index contributed by atoms with van der Waals surface area (Å²) in [4.78, 5) is 14.8. The van der Waals surface area contributed by atoms with E-state index < -0.39 is 5.97 Å². The number of carboxylic acid groups (broad SMARTS) is 1. The molecular formula is C16H15NO2. The number of aromatic nitrogens is 1. The highest BCUT2D eigenvalue weighted by atomic mass is 16.4. The Morgan fingerprint density at radius 2 is 1.95 bits per heavy atom. The molecule has 0 unspecified atom stereocenters. The predicted octanol–water partition coefficient (Wildman–Crippen LogP) is 3.16. The van der Waals surface area contributed by atoms with E-state index in [1.165, 1.54) is 5.56 Å². The Morgan fingerprint density at radius 1 is 1.21 bits per heavy atom. The minimum Gasteiger partial charge on any atom is -0.478 e. The largest absolute Gasteiger partial charge is 0.478 e. The fourth-order valence-electron chi connectivity index (χ4n) is 1.78. The van der Waals surface area contributed by atoms with Gasteiger partial charge in [-0.15, -0.1) is 0 Å². The van der Waals surface area contributed by atoms with Gasteiger partial charge in [0, 0.05) is 18.0 Å². The standard InChI is InChI=1S/C16H15NO2/c1-12(16(18)19)9-13-4-6-14(7-5-13)10-15-3-2-8-17-11-15/h2-9,11H,10H2,1H3,(H,18,19). The van der Waals surface area contributed by atoms with E-state index in [1.54, 1.807) is 19.2 Å². The van der Waals surface area contributed by atoms with Crippen molar-refractivity contribution < 1.29 is 9.90 Å². The van der Waals surface area contributed by atoms with Crippen molar-refractivity contribution in [3.63, 3.8) is 0 Å². The zero-order valence-corrected chi connectivity index (χ0v) is 10.7. The van der Waals surface area contributed by atoms with Crippen LogP contribution in [0.2, 0.25) is 0 Å². The van der Waals surface area contributed by atoms with E-state index in [4.69, 9.17) is 5.11 Å². The van der Waals surface area contributed by atoms with Crippen molar-refractivity contribution in [2.45, 2.75) is 13.3 Å². The van der Waals surface area contributed by atoms with Crippen LogP contribution in [-0.4, -0.2) is 16.1 Å². The third-order valence-corrected chi connectivity index (χ3v) is 2.83. The van der Waals surface area contributed by atoms with Crippen molar-refractivity contribution in [2.24, 2.45) is 0 Å². The van der Waals surface area contributed by atoms with Crippen LogP contribution in [0.15, 0.2) is 54.4 Å². The molecule has 1 heterocycles. The van der Waals surface area contributed by atoms with E-state index in [-0.39, 0.29) is 0 Å². The van der Waals surface area contributed by atoms with Gasteiger partial charge in [0.25, 0.3) is 0 Å². The SMILES string of the molecule is CC(=Cc1ccc(Cc2cccnc2)cc1)C(=O)O. The number of rotatable bonds is 4. The van der Waals surface area contributed by atoms with Crippen LogP contribution in [0.25, 0.3) is 6.08 Å². The van der Waals surface area contributed by atoms with Gasteiger partial charge in [-0.1, -0.05) is 30.3 Å². The summed E-state index contributed by atoms with van der Waals surface area (Å²) in [5, 5.41) is 8.82. The molecule has 3 nitrogen and oxygen atoms in total. The quantitative estimate of drug-likeness (QED) is 0.851. The monoisotopic (exact) mass is 253 g/mol. The van der Waals surface area contributed by atoms with Gasteiger partial charge >= 0.3 is 5.97 Å². The first-order valence-corrected chi connectivity index (χ1v) is 6.04. The number of carbonyl (C=O) groups is 1. The Morgan fingerprint density at radius 3 is 2.53 bits per heavy atom. The molecule has 0 aliphatic rings. The fourth-order valence-corrected chi connectivity index (χ4v) is 1.78.